The summed E-state index contributed by atoms with van der Waals surface area (Å²) in [5.41, 5.74) is 1.66. The molecule has 1 aliphatic heterocycles. The molecule has 0 radical (unpaired) electrons. The van der Waals surface area contributed by atoms with E-state index in [4.69, 9.17) is 0 Å². The fourth-order valence-electron chi connectivity index (χ4n) is 1.65. The topological polar surface area (TPSA) is 44.7 Å². The van der Waals surface area contributed by atoms with E-state index in [2.05, 4.69) is 15.4 Å². The Bertz CT molecular complexity index is 304. The molecule has 0 atom stereocenters. The predicted molar refractivity (Wildman–Crippen MR) is 57.0 cm³/mol. The molecular weight excluding hydrogens is 178 g/mol. The van der Waals surface area contributed by atoms with Crippen LogP contribution in [0.2, 0.25) is 0 Å². The fraction of sp³-hybridized carbons (Fsp3) is 0.400. The van der Waals surface area contributed by atoms with Crippen LogP contribution in [0.15, 0.2) is 29.4 Å². The standard InChI is InChI=1S/C10H13N3O/c14-12-9-1-3-10(4-2-9)13-7-5-11-6-8-13/h1-4,11H,5-8H2. The van der Waals surface area contributed by atoms with Gasteiger partial charge < -0.3 is 10.2 Å². The molecule has 0 unspecified atom stereocenters. The molecule has 1 aliphatic rings. The summed E-state index contributed by atoms with van der Waals surface area (Å²) in [6.07, 6.45) is 0. The molecule has 4 nitrogen and oxygen atoms in total. The van der Waals surface area contributed by atoms with Crippen LogP contribution in [0, 0.1) is 4.91 Å². The number of benzene rings is 1. The van der Waals surface area contributed by atoms with Gasteiger partial charge in [0.15, 0.2) is 0 Å². The first kappa shape index (κ1) is 9.15. The summed E-state index contributed by atoms with van der Waals surface area (Å²) in [6.45, 7) is 4.09. The highest BCUT2D eigenvalue weighted by molar-refractivity contribution is 5.52. The number of hydrogen-bond acceptors (Lipinski definition) is 4. The van der Waals surface area contributed by atoms with Gasteiger partial charge in [0, 0.05) is 31.9 Å². The van der Waals surface area contributed by atoms with Crippen molar-refractivity contribution >= 4 is 11.4 Å². The second kappa shape index (κ2) is 4.19. The highest BCUT2D eigenvalue weighted by Gasteiger charge is 2.09. The first-order valence-corrected chi connectivity index (χ1v) is 4.79. The maximum atomic E-state index is 10.2. The third kappa shape index (κ3) is 1.90. The lowest BCUT2D eigenvalue weighted by Gasteiger charge is -2.29. The summed E-state index contributed by atoms with van der Waals surface area (Å²) in [7, 11) is 0. The summed E-state index contributed by atoms with van der Waals surface area (Å²) in [6, 6.07) is 7.40. The number of nitrogens with one attached hydrogen (secondary N) is 1. The highest BCUT2D eigenvalue weighted by Crippen LogP contribution is 2.19. The van der Waals surface area contributed by atoms with Crippen LogP contribution in [0.25, 0.3) is 0 Å². The molecule has 1 aromatic carbocycles. The number of rotatable bonds is 2. The molecule has 0 bridgehead atoms. The van der Waals surface area contributed by atoms with E-state index in [1.807, 2.05) is 12.1 Å². The molecule has 14 heavy (non-hydrogen) atoms. The van der Waals surface area contributed by atoms with Crippen molar-refractivity contribution in [2.45, 2.75) is 0 Å². The predicted octanol–water partition coefficient (Wildman–Crippen LogP) is 1.49. The lowest BCUT2D eigenvalue weighted by molar-refractivity contribution is 0.589. The summed E-state index contributed by atoms with van der Waals surface area (Å²) in [5, 5.41) is 6.17. The molecule has 1 heterocycles. The van der Waals surface area contributed by atoms with Crippen LogP contribution in [0.5, 0.6) is 0 Å². The monoisotopic (exact) mass is 191 g/mol. The summed E-state index contributed by atoms with van der Waals surface area (Å²) >= 11 is 0. The van der Waals surface area contributed by atoms with Gasteiger partial charge in [0.2, 0.25) is 0 Å². The first-order valence-electron chi connectivity index (χ1n) is 4.79. The van der Waals surface area contributed by atoms with Gasteiger partial charge in [-0.2, -0.15) is 0 Å². The van der Waals surface area contributed by atoms with Crippen LogP contribution in [0.1, 0.15) is 0 Å². The van der Waals surface area contributed by atoms with Gasteiger partial charge in [0.1, 0.15) is 5.69 Å². The van der Waals surface area contributed by atoms with E-state index >= 15 is 0 Å². The van der Waals surface area contributed by atoms with Crippen LogP contribution in [0.4, 0.5) is 11.4 Å². The lowest BCUT2D eigenvalue weighted by Crippen LogP contribution is -2.43. The molecular formula is C10H13N3O. The van der Waals surface area contributed by atoms with Gasteiger partial charge in [0.25, 0.3) is 0 Å². The first-order chi connectivity index (χ1) is 6.90. The Hall–Kier alpha value is -1.42. The fourth-order valence-corrected chi connectivity index (χ4v) is 1.65. The second-order valence-electron chi connectivity index (χ2n) is 3.34. The van der Waals surface area contributed by atoms with E-state index in [0.717, 1.165) is 26.2 Å². The van der Waals surface area contributed by atoms with E-state index < -0.39 is 0 Å². The lowest BCUT2D eigenvalue weighted by atomic mass is 10.2. The van der Waals surface area contributed by atoms with E-state index in [-0.39, 0.29) is 0 Å². The summed E-state index contributed by atoms with van der Waals surface area (Å²) in [4.78, 5) is 12.5. The van der Waals surface area contributed by atoms with Crippen LogP contribution in [-0.4, -0.2) is 26.2 Å². The molecule has 0 aromatic heterocycles. The van der Waals surface area contributed by atoms with Crippen molar-refractivity contribution in [1.82, 2.24) is 5.32 Å². The maximum Gasteiger partial charge on any atom is 0.108 e. The maximum absolute atomic E-state index is 10.2. The summed E-state index contributed by atoms with van der Waals surface area (Å²) < 4.78 is 0. The summed E-state index contributed by atoms with van der Waals surface area (Å²) in [5.74, 6) is 0. The zero-order chi connectivity index (χ0) is 9.80. The number of anilines is 1. The third-order valence-corrected chi connectivity index (χ3v) is 2.44. The van der Waals surface area contributed by atoms with Crippen molar-refractivity contribution in [2.75, 3.05) is 31.1 Å². The second-order valence-corrected chi connectivity index (χ2v) is 3.34. The highest BCUT2D eigenvalue weighted by atomic mass is 16.3. The molecule has 0 amide bonds. The van der Waals surface area contributed by atoms with Crippen LogP contribution >= 0.6 is 0 Å². The van der Waals surface area contributed by atoms with Crippen molar-refractivity contribution in [3.8, 4) is 0 Å². The minimum Gasteiger partial charge on any atom is -0.369 e. The van der Waals surface area contributed by atoms with E-state index in [0.29, 0.717) is 5.69 Å². The normalized spacial score (nSPS) is 16.7. The number of hydrogen-bond donors (Lipinski definition) is 1. The largest absolute Gasteiger partial charge is 0.369 e. The Kier molecular flexibility index (Phi) is 2.74. The van der Waals surface area contributed by atoms with E-state index in [1.54, 1.807) is 12.1 Å². The zero-order valence-electron chi connectivity index (χ0n) is 7.94. The number of nitroso groups, excluding NO2 is 1. The minimum atomic E-state index is 0.490. The van der Waals surface area contributed by atoms with Gasteiger partial charge >= 0.3 is 0 Å². The Morgan fingerprint density at radius 3 is 2.36 bits per heavy atom. The molecule has 0 spiro atoms. The van der Waals surface area contributed by atoms with Crippen molar-refractivity contribution in [3.63, 3.8) is 0 Å². The van der Waals surface area contributed by atoms with Gasteiger partial charge in [0.05, 0.1) is 0 Å². The van der Waals surface area contributed by atoms with Crippen molar-refractivity contribution in [2.24, 2.45) is 5.18 Å². The van der Waals surface area contributed by atoms with E-state index in [1.165, 1.54) is 5.69 Å². The Labute approximate surface area is 82.9 Å². The molecule has 4 heteroatoms. The molecule has 1 fully saturated rings. The van der Waals surface area contributed by atoms with Crippen molar-refractivity contribution in [1.29, 1.82) is 0 Å². The smallest absolute Gasteiger partial charge is 0.108 e. The van der Waals surface area contributed by atoms with Gasteiger partial charge in [-0.25, -0.2) is 0 Å². The average molecular weight is 191 g/mol. The Morgan fingerprint density at radius 2 is 1.79 bits per heavy atom. The van der Waals surface area contributed by atoms with Crippen LogP contribution < -0.4 is 10.2 Å². The van der Waals surface area contributed by atoms with Gasteiger partial charge in [-0.05, 0) is 29.4 Å². The molecule has 0 saturated carbocycles. The van der Waals surface area contributed by atoms with Gasteiger partial charge in [-0.3, -0.25) is 0 Å². The molecule has 74 valence electrons. The van der Waals surface area contributed by atoms with Crippen molar-refractivity contribution in [3.05, 3.63) is 29.2 Å². The molecule has 2 rings (SSSR count). The Balaban J connectivity index is 2.11. The molecule has 1 aromatic rings. The number of nitrogens with zero attached hydrogens (tertiary/aromatic N) is 2. The average Bonchev–Trinajstić information content (AvgIpc) is 2.30. The van der Waals surface area contributed by atoms with E-state index in [9.17, 15) is 4.91 Å². The van der Waals surface area contributed by atoms with Crippen molar-refractivity contribution < 1.29 is 0 Å². The number of piperazine rings is 1. The zero-order valence-corrected chi connectivity index (χ0v) is 7.94. The molecule has 1 saturated heterocycles. The van der Waals surface area contributed by atoms with Gasteiger partial charge in [-0.15, -0.1) is 4.91 Å². The Morgan fingerprint density at radius 1 is 1.14 bits per heavy atom. The SMILES string of the molecule is O=Nc1ccc(N2CCNCC2)cc1. The minimum absolute atomic E-state index is 0.490. The third-order valence-electron chi connectivity index (χ3n) is 2.44. The van der Waals surface area contributed by atoms with Crippen LogP contribution in [0.3, 0.4) is 0 Å². The molecule has 1 N–H and O–H groups in total. The quantitative estimate of drug-likeness (QED) is 0.720. The van der Waals surface area contributed by atoms with Gasteiger partial charge in [-0.1, -0.05) is 0 Å². The molecule has 0 aliphatic carbocycles. The van der Waals surface area contributed by atoms with Crippen LogP contribution in [-0.2, 0) is 0 Å².